The van der Waals surface area contributed by atoms with Crippen LogP contribution < -0.4 is 10.9 Å². The highest BCUT2D eigenvalue weighted by Gasteiger charge is 2.14. The summed E-state index contributed by atoms with van der Waals surface area (Å²) in [5, 5.41) is 3.18. The van der Waals surface area contributed by atoms with Crippen LogP contribution in [0.1, 0.15) is 21.5 Å². The second kappa shape index (κ2) is 6.06. The summed E-state index contributed by atoms with van der Waals surface area (Å²) in [7, 11) is 1.36. The van der Waals surface area contributed by atoms with Gasteiger partial charge in [0.05, 0.1) is 12.7 Å². The molecule has 0 radical (unpaired) electrons. The molecule has 1 heterocycles. The first-order chi connectivity index (χ1) is 9.61. The zero-order valence-corrected chi connectivity index (χ0v) is 11.4. The lowest BCUT2D eigenvalue weighted by atomic mass is 10.1. The van der Waals surface area contributed by atoms with Crippen LogP contribution in [0, 0.1) is 6.92 Å². The number of aromatic nitrogens is 1. The van der Waals surface area contributed by atoms with E-state index in [-0.39, 0.29) is 11.5 Å². The highest BCUT2D eigenvalue weighted by Crippen LogP contribution is 2.21. The van der Waals surface area contributed by atoms with Crippen LogP contribution in [-0.2, 0) is 11.3 Å². The molecule has 0 aliphatic carbocycles. The average molecular weight is 272 g/mol. The molecule has 5 nitrogen and oxygen atoms in total. The molecule has 2 aromatic rings. The highest BCUT2D eigenvalue weighted by molar-refractivity contribution is 5.97. The number of aromatic amines is 1. The molecule has 1 aromatic carbocycles. The van der Waals surface area contributed by atoms with E-state index in [9.17, 15) is 9.59 Å². The van der Waals surface area contributed by atoms with Gasteiger partial charge in [-0.05, 0) is 24.1 Å². The number of carbonyl (C=O) groups excluding carboxylic acids is 1. The molecule has 104 valence electrons. The molecule has 0 fully saturated rings. The summed E-state index contributed by atoms with van der Waals surface area (Å²) in [5.74, 6) is -0.368. The first-order valence-electron chi connectivity index (χ1n) is 6.21. The van der Waals surface area contributed by atoms with Crippen molar-refractivity contribution in [3.63, 3.8) is 0 Å². The fraction of sp³-hybridized carbons (Fsp3) is 0.200. The van der Waals surface area contributed by atoms with E-state index in [2.05, 4.69) is 10.3 Å². The van der Waals surface area contributed by atoms with Crippen molar-refractivity contribution >= 4 is 11.7 Å². The van der Waals surface area contributed by atoms with Gasteiger partial charge in [-0.2, -0.15) is 0 Å². The number of ether oxygens (including phenoxy) is 1. The Hall–Kier alpha value is -2.56. The summed E-state index contributed by atoms with van der Waals surface area (Å²) in [4.78, 5) is 25.4. The fourth-order valence-electron chi connectivity index (χ4n) is 1.94. The Morgan fingerprint density at radius 2 is 2.10 bits per heavy atom. The second-order valence-corrected chi connectivity index (χ2v) is 4.40. The normalized spacial score (nSPS) is 10.1. The summed E-state index contributed by atoms with van der Waals surface area (Å²) in [5.41, 5.74) is 2.87. The zero-order valence-electron chi connectivity index (χ0n) is 11.4. The van der Waals surface area contributed by atoms with Crippen LogP contribution in [0.4, 0.5) is 5.69 Å². The van der Waals surface area contributed by atoms with Crippen LogP contribution in [0.5, 0.6) is 0 Å². The number of carbonyl (C=O) groups is 1. The number of rotatable bonds is 4. The van der Waals surface area contributed by atoms with Crippen LogP contribution in [0.2, 0.25) is 0 Å². The first kappa shape index (κ1) is 13.9. The van der Waals surface area contributed by atoms with E-state index in [4.69, 9.17) is 4.74 Å². The molecular weight excluding hydrogens is 256 g/mol. The number of hydrogen-bond donors (Lipinski definition) is 2. The predicted molar refractivity (Wildman–Crippen MR) is 76.9 cm³/mol. The predicted octanol–water partition coefficient (Wildman–Crippen LogP) is 2.08. The van der Waals surface area contributed by atoms with E-state index in [0.717, 1.165) is 11.1 Å². The summed E-state index contributed by atoms with van der Waals surface area (Å²) >= 11 is 0. The Balaban J connectivity index is 2.21. The van der Waals surface area contributed by atoms with Gasteiger partial charge in [0.15, 0.2) is 0 Å². The number of hydrogen-bond acceptors (Lipinski definition) is 4. The van der Waals surface area contributed by atoms with Crippen molar-refractivity contribution in [3.8, 4) is 0 Å². The van der Waals surface area contributed by atoms with Gasteiger partial charge in [0.25, 0.3) is 0 Å². The summed E-state index contributed by atoms with van der Waals surface area (Å²) in [6, 6.07) is 8.76. The van der Waals surface area contributed by atoms with Gasteiger partial charge < -0.3 is 15.0 Å². The molecule has 5 heteroatoms. The molecule has 2 rings (SSSR count). The van der Waals surface area contributed by atoms with E-state index in [0.29, 0.717) is 17.8 Å². The molecule has 2 N–H and O–H groups in total. The van der Waals surface area contributed by atoms with Gasteiger partial charge in [-0.25, -0.2) is 4.79 Å². The summed E-state index contributed by atoms with van der Waals surface area (Å²) in [6.07, 6.45) is 1.64. The van der Waals surface area contributed by atoms with Crippen LogP contribution in [0.3, 0.4) is 0 Å². The van der Waals surface area contributed by atoms with E-state index >= 15 is 0 Å². The minimum atomic E-state index is -0.368. The molecule has 0 saturated carbocycles. The maximum Gasteiger partial charge on any atom is 0.340 e. The lowest BCUT2D eigenvalue weighted by Crippen LogP contribution is -2.11. The lowest BCUT2D eigenvalue weighted by molar-refractivity contribution is 0.0601. The molecule has 0 unspecified atom stereocenters. The third kappa shape index (κ3) is 3.06. The number of esters is 1. The minimum Gasteiger partial charge on any atom is -0.465 e. The number of benzene rings is 1. The summed E-state index contributed by atoms with van der Waals surface area (Å²) in [6.45, 7) is 2.36. The standard InChI is InChI=1S/C15H16N2O3/c1-10-4-3-5-12(14(10)15(19)20-2)16-8-11-6-7-13(18)17-9-11/h3-7,9,16H,8H2,1-2H3,(H,17,18). The SMILES string of the molecule is COC(=O)c1c(C)cccc1NCc1ccc(=O)[nH]c1. The van der Waals surface area contributed by atoms with Crippen molar-refractivity contribution in [2.24, 2.45) is 0 Å². The van der Waals surface area contributed by atoms with E-state index < -0.39 is 0 Å². The van der Waals surface area contributed by atoms with Crippen molar-refractivity contribution in [2.75, 3.05) is 12.4 Å². The van der Waals surface area contributed by atoms with Crippen LogP contribution in [0.25, 0.3) is 0 Å². The van der Waals surface area contributed by atoms with E-state index in [1.807, 2.05) is 25.1 Å². The second-order valence-electron chi connectivity index (χ2n) is 4.40. The van der Waals surface area contributed by atoms with Crippen LogP contribution in [-0.4, -0.2) is 18.1 Å². The van der Waals surface area contributed by atoms with Gasteiger partial charge >= 0.3 is 5.97 Å². The Morgan fingerprint density at radius 1 is 1.30 bits per heavy atom. The fourth-order valence-corrected chi connectivity index (χ4v) is 1.94. The molecule has 0 amide bonds. The molecule has 0 aliphatic heterocycles. The lowest BCUT2D eigenvalue weighted by Gasteiger charge is -2.12. The molecule has 0 aliphatic rings. The van der Waals surface area contributed by atoms with Crippen molar-refractivity contribution in [2.45, 2.75) is 13.5 Å². The topological polar surface area (TPSA) is 71.2 Å². The Bertz CT molecular complexity index is 657. The van der Waals surface area contributed by atoms with Gasteiger partial charge in [0.2, 0.25) is 5.56 Å². The molecule has 1 aromatic heterocycles. The number of aryl methyl sites for hydroxylation is 1. The van der Waals surface area contributed by atoms with Crippen molar-refractivity contribution in [3.05, 3.63) is 63.6 Å². The number of nitrogens with one attached hydrogen (secondary N) is 2. The largest absolute Gasteiger partial charge is 0.465 e. The van der Waals surface area contributed by atoms with Gasteiger partial charge in [-0.15, -0.1) is 0 Å². The minimum absolute atomic E-state index is 0.139. The zero-order chi connectivity index (χ0) is 14.5. The van der Waals surface area contributed by atoms with Crippen molar-refractivity contribution < 1.29 is 9.53 Å². The molecule has 0 saturated heterocycles. The smallest absolute Gasteiger partial charge is 0.340 e. The molecular formula is C15H16N2O3. The maximum absolute atomic E-state index is 11.8. The number of methoxy groups -OCH3 is 1. The van der Waals surface area contributed by atoms with Crippen molar-refractivity contribution in [1.82, 2.24) is 4.98 Å². The van der Waals surface area contributed by atoms with Gasteiger partial charge in [0, 0.05) is 24.5 Å². The Morgan fingerprint density at radius 3 is 2.75 bits per heavy atom. The van der Waals surface area contributed by atoms with Crippen molar-refractivity contribution in [1.29, 1.82) is 0 Å². The van der Waals surface area contributed by atoms with Crippen LogP contribution in [0.15, 0.2) is 41.3 Å². The Labute approximate surface area is 116 Å². The number of pyridine rings is 1. The Kier molecular flexibility index (Phi) is 4.20. The molecule has 0 spiro atoms. The quantitative estimate of drug-likeness (QED) is 0.836. The maximum atomic E-state index is 11.8. The molecule has 0 bridgehead atoms. The van der Waals surface area contributed by atoms with E-state index in [1.54, 1.807) is 12.3 Å². The first-order valence-corrected chi connectivity index (χ1v) is 6.21. The monoisotopic (exact) mass is 272 g/mol. The number of anilines is 1. The van der Waals surface area contributed by atoms with Gasteiger partial charge in [-0.1, -0.05) is 18.2 Å². The van der Waals surface area contributed by atoms with Crippen LogP contribution >= 0.6 is 0 Å². The third-order valence-electron chi connectivity index (χ3n) is 2.99. The third-order valence-corrected chi connectivity index (χ3v) is 2.99. The molecule has 0 atom stereocenters. The highest BCUT2D eigenvalue weighted by atomic mass is 16.5. The van der Waals surface area contributed by atoms with Gasteiger partial charge in [-0.3, -0.25) is 4.79 Å². The summed E-state index contributed by atoms with van der Waals surface area (Å²) < 4.78 is 4.80. The average Bonchev–Trinajstić information content (AvgIpc) is 2.46. The number of H-pyrrole nitrogens is 1. The van der Waals surface area contributed by atoms with Gasteiger partial charge in [0.1, 0.15) is 0 Å². The van der Waals surface area contributed by atoms with E-state index in [1.165, 1.54) is 13.2 Å². The molecule has 20 heavy (non-hydrogen) atoms.